The van der Waals surface area contributed by atoms with Crippen LogP contribution in [0.1, 0.15) is 36.2 Å². The average molecular weight is 391 g/mol. The molecule has 2 fully saturated rings. The van der Waals surface area contributed by atoms with Gasteiger partial charge in [0.05, 0.1) is 10.9 Å². The lowest BCUT2D eigenvalue weighted by Crippen LogP contribution is -2.50. The van der Waals surface area contributed by atoms with Crippen molar-refractivity contribution < 1.29 is 17.6 Å². The summed E-state index contributed by atoms with van der Waals surface area (Å²) in [5, 5.41) is 4.04. The van der Waals surface area contributed by atoms with Crippen molar-refractivity contribution in [2.45, 2.75) is 43.0 Å². The van der Waals surface area contributed by atoms with Crippen molar-refractivity contribution >= 4 is 15.7 Å². The quantitative estimate of drug-likeness (QED) is 0.806. The van der Waals surface area contributed by atoms with E-state index in [1.165, 1.54) is 18.4 Å². The van der Waals surface area contributed by atoms with Crippen LogP contribution < -0.4 is 0 Å². The maximum absolute atomic E-state index is 13.2. The molecule has 1 aromatic carbocycles. The van der Waals surface area contributed by atoms with Gasteiger partial charge in [0.15, 0.2) is 0 Å². The van der Waals surface area contributed by atoms with Crippen molar-refractivity contribution in [1.82, 2.24) is 14.7 Å². The third-order valence-corrected chi connectivity index (χ3v) is 7.36. The molecule has 2 unspecified atom stereocenters. The number of rotatable bonds is 3. The standard InChI is InChI=1S/C19H22FN3O3S/c1-22-18(11-17(21-22)12-3-5-13(20)6-4-12)19(24)23-14-7-8-15(23)10-16(9-14)27(2,25)26/h3-6,11,14-16H,7-10H2,1-2H3. The largest absolute Gasteiger partial charge is 0.331 e. The van der Waals surface area contributed by atoms with Crippen LogP contribution in [0.5, 0.6) is 0 Å². The fourth-order valence-electron chi connectivity index (χ4n) is 4.37. The van der Waals surface area contributed by atoms with E-state index in [2.05, 4.69) is 5.10 Å². The third kappa shape index (κ3) is 3.26. The molecular formula is C19H22FN3O3S. The molecule has 2 bridgehead atoms. The Morgan fingerprint density at radius 1 is 1.15 bits per heavy atom. The topological polar surface area (TPSA) is 72.3 Å². The SMILES string of the molecule is Cn1nc(-c2ccc(F)cc2)cc1C(=O)N1C2CCC1CC(S(C)(=O)=O)C2. The molecule has 4 rings (SSSR count). The van der Waals surface area contributed by atoms with Crippen molar-refractivity contribution in [2.75, 3.05) is 6.26 Å². The van der Waals surface area contributed by atoms with Crippen molar-refractivity contribution in [3.63, 3.8) is 0 Å². The molecule has 0 spiro atoms. The molecule has 0 radical (unpaired) electrons. The van der Waals surface area contributed by atoms with Crippen LogP contribution in [0.2, 0.25) is 0 Å². The van der Waals surface area contributed by atoms with Crippen molar-refractivity contribution in [3.05, 3.63) is 41.8 Å². The fraction of sp³-hybridized carbons (Fsp3) is 0.474. The Labute approximate surface area is 157 Å². The molecule has 144 valence electrons. The Morgan fingerprint density at radius 2 is 1.74 bits per heavy atom. The second-order valence-corrected chi connectivity index (χ2v) is 9.89. The zero-order chi connectivity index (χ0) is 19.3. The maximum atomic E-state index is 13.2. The normalized spacial score (nSPS) is 25.0. The van der Waals surface area contributed by atoms with Gasteiger partial charge in [-0.1, -0.05) is 0 Å². The summed E-state index contributed by atoms with van der Waals surface area (Å²) in [4.78, 5) is 15.0. The Hall–Kier alpha value is -2.22. The molecule has 2 saturated heterocycles. The van der Waals surface area contributed by atoms with E-state index in [1.54, 1.807) is 29.9 Å². The molecule has 2 atom stereocenters. The Kier molecular flexibility index (Phi) is 4.33. The molecular weight excluding hydrogens is 369 g/mol. The molecule has 2 aliphatic rings. The van der Waals surface area contributed by atoms with Gasteiger partial charge in [-0.05, 0) is 56.0 Å². The summed E-state index contributed by atoms with van der Waals surface area (Å²) in [6, 6.07) is 7.63. The van der Waals surface area contributed by atoms with Crippen LogP contribution in [0.25, 0.3) is 11.3 Å². The predicted molar refractivity (Wildman–Crippen MR) is 99.4 cm³/mol. The highest BCUT2D eigenvalue weighted by Gasteiger charge is 2.46. The van der Waals surface area contributed by atoms with Gasteiger partial charge in [-0.2, -0.15) is 5.10 Å². The van der Waals surface area contributed by atoms with Gasteiger partial charge < -0.3 is 4.90 Å². The molecule has 2 aromatic rings. The van der Waals surface area contributed by atoms with Crippen LogP contribution in [0, 0.1) is 5.82 Å². The number of carbonyl (C=O) groups excluding carboxylic acids is 1. The monoisotopic (exact) mass is 391 g/mol. The highest BCUT2D eigenvalue weighted by atomic mass is 32.2. The minimum absolute atomic E-state index is 0.0415. The van der Waals surface area contributed by atoms with Gasteiger partial charge in [0.2, 0.25) is 0 Å². The number of amides is 1. The van der Waals surface area contributed by atoms with E-state index in [4.69, 9.17) is 0 Å². The van der Waals surface area contributed by atoms with Crippen LogP contribution in [0.4, 0.5) is 4.39 Å². The number of nitrogens with zero attached hydrogens (tertiary/aromatic N) is 3. The zero-order valence-electron chi connectivity index (χ0n) is 15.3. The van der Waals surface area contributed by atoms with Gasteiger partial charge in [0, 0.05) is 31.0 Å². The van der Waals surface area contributed by atoms with Crippen LogP contribution in [-0.2, 0) is 16.9 Å². The number of aryl methyl sites for hydroxylation is 1. The Morgan fingerprint density at radius 3 is 2.30 bits per heavy atom. The molecule has 3 heterocycles. The Bertz CT molecular complexity index is 970. The second-order valence-electron chi connectivity index (χ2n) is 7.57. The van der Waals surface area contributed by atoms with Crippen molar-refractivity contribution in [2.24, 2.45) is 7.05 Å². The number of fused-ring (bicyclic) bond motifs is 2. The molecule has 1 amide bonds. The van der Waals surface area contributed by atoms with Crippen molar-refractivity contribution in [3.8, 4) is 11.3 Å². The maximum Gasteiger partial charge on any atom is 0.272 e. The molecule has 6 nitrogen and oxygen atoms in total. The van der Waals surface area contributed by atoms with Crippen LogP contribution in [0.15, 0.2) is 30.3 Å². The summed E-state index contributed by atoms with van der Waals surface area (Å²) >= 11 is 0. The summed E-state index contributed by atoms with van der Waals surface area (Å²) in [5.74, 6) is -0.436. The number of aromatic nitrogens is 2. The smallest absolute Gasteiger partial charge is 0.272 e. The molecule has 0 saturated carbocycles. The molecule has 27 heavy (non-hydrogen) atoms. The lowest BCUT2D eigenvalue weighted by molar-refractivity contribution is 0.0587. The third-order valence-electron chi connectivity index (χ3n) is 5.77. The number of sulfone groups is 1. The van der Waals surface area contributed by atoms with Gasteiger partial charge in [0.25, 0.3) is 5.91 Å². The van der Waals surface area contributed by atoms with E-state index in [0.717, 1.165) is 18.4 Å². The molecule has 0 N–H and O–H groups in total. The molecule has 0 aliphatic carbocycles. The summed E-state index contributed by atoms with van der Waals surface area (Å²) in [6.45, 7) is 0. The summed E-state index contributed by atoms with van der Waals surface area (Å²) in [6.07, 6.45) is 3.97. The first-order valence-electron chi connectivity index (χ1n) is 9.05. The van der Waals surface area contributed by atoms with E-state index in [0.29, 0.717) is 24.2 Å². The lowest BCUT2D eigenvalue weighted by Gasteiger charge is -2.38. The number of hydrogen-bond donors (Lipinski definition) is 0. The highest BCUT2D eigenvalue weighted by molar-refractivity contribution is 7.91. The number of carbonyl (C=O) groups is 1. The van der Waals surface area contributed by atoms with Gasteiger partial charge in [-0.3, -0.25) is 9.48 Å². The average Bonchev–Trinajstić information content (AvgIpc) is 3.11. The first-order valence-corrected chi connectivity index (χ1v) is 11.0. The van der Waals surface area contributed by atoms with Gasteiger partial charge in [-0.15, -0.1) is 0 Å². The summed E-state index contributed by atoms with van der Waals surface area (Å²) in [7, 11) is -1.38. The van der Waals surface area contributed by atoms with Crippen LogP contribution >= 0.6 is 0 Å². The van der Waals surface area contributed by atoms with Crippen LogP contribution in [-0.4, -0.2) is 52.6 Å². The Balaban J connectivity index is 1.60. The second kappa shape index (κ2) is 6.44. The summed E-state index contributed by atoms with van der Waals surface area (Å²) in [5.41, 5.74) is 1.81. The lowest BCUT2D eigenvalue weighted by atomic mass is 10.0. The van der Waals surface area contributed by atoms with Crippen LogP contribution in [0.3, 0.4) is 0 Å². The predicted octanol–water partition coefficient (Wildman–Crippen LogP) is 2.41. The van der Waals surface area contributed by atoms with E-state index >= 15 is 0 Å². The number of hydrogen-bond acceptors (Lipinski definition) is 4. The van der Waals surface area contributed by atoms with Crippen molar-refractivity contribution in [1.29, 1.82) is 0 Å². The molecule has 2 aliphatic heterocycles. The first-order chi connectivity index (χ1) is 12.7. The van der Waals surface area contributed by atoms with Gasteiger partial charge >= 0.3 is 0 Å². The minimum Gasteiger partial charge on any atom is -0.331 e. The zero-order valence-corrected chi connectivity index (χ0v) is 16.1. The van der Waals surface area contributed by atoms with E-state index < -0.39 is 9.84 Å². The number of piperidine rings is 1. The summed E-state index contributed by atoms with van der Waals surface area (Å²) < 4.78 is 38.6. The minimum atomic E-state index is -3.10. The number of benzene rings is 1. The van der Waals surface area contributed by atoms with Gasteiger partial charge in [-0.25, -0.2) is 12.8 Å². The fourth-order valence-corrected chi connectivity index (χ4v) is 5.51. The number of halogens is 1. The van der Waals surface area contributed by atoms with E-state index in [-0.39, 0.29) is 29.1 Å². The molecule has 8 heteroatoms. The van der Waals surface area contributed by atoms with E-state index in [9.17, 15) is 17.6 Å². The first kappa shape index (κ1) is 18.2. The van der Waals surface area contributed by atoms with Gasteiger partial charge in [0.1, 0.15) is 21.3 Å². The van der Waals surface area contributed by atoms with E-state index in [1.807, 2.05) is 4.90 Å². The molecule has 1 aromatic heterocycles. The highest BCUT2D eigenvalue weighted by Crippen LogP contribution is 2.39.